The molecule has 1 amide bonds. The van der Waals surface area contributed by atoms with Crippen molar-refractivity contribution in [3.8, 4) is 11.5 Å². The minimum atomic E-state index is 0. The first kappa shape index (κ1) is 20.9. The van der Waals surface area contributed by atoms with Crippen LogP contribution in [-0.2, 0) is 4.79 Å². The number of benzene rings is 1. The predicted octanol–water partition coefficient (Wildman–Crippen LogP) is 2.46. The molecule has 1 aromatic carbocycles. The third-order valence-electron chi connectivity index (χ3n) is 2.87. The van der Waals surface area contributed by atoms with Crippen molar-refractivity contribution in [1.29, 1.82) is 0 Å². The van der Waals surface area contributed by atoms with Crippen LogP contribution in [0.1, 0.15) is 19.8 Å². The molecule has 1 aromatic rings. The lowest BCUT2D eigenvalue weighted by Crippen LogP contribution is -2.29. The molecule has 0 aromatic heterocycles. The number of ether oxygens (including phenoxy) is 2. The van der Waals surface area contributed by atoms with Gasteiger partial charge in [0.05, 0.1) is 14.2 Å². The number of hydrogen-bond acceptors (Lipinski definition) is 5. The minimum absolute atomic E-state index is 0. The molecule has 0 heterocycles. The summed E-state index contributed by atoms with van der Waals surface area (Å²) >= 11 is 1.62. The lowest BCUT2D eigenvalue weighted by molar-refractivity contribution is -0.120. The van der Waals surface area contributed by atoms with E-state index in [0.29, 0.717) is 24.5 Å². The molecule has 7 heteroatoms. The third kappa shape index (κ3) is 7.77. The van der Waals surface area contributed by atoms with Crippen LogP contribution in [0.15, 0.2) is 23.1 Å². The van der Waals surface area contributed by atoms with Gasteiger partial charge in [-0.05, 0) is 31.5 Å². The van der Waals surface area contributed by atoms with Crippen LogP contribution in [0.5, 0.6) is 11.5 Å². The van der Waals surface area contributed by atoms with E-state index in [4.69, 9.17) is 15.2 Å². The van der Waals surface area contributed by atoms with Gasteiger partial charge in [-0.25, -0.2) is 0 Å². The highest BCUT2D eigenvalue weighted by molar-refractivity contribution is 7.99. The Balaban J connectivity index is 0.00000441. The van der Waals surface area contributed by atoms with Crippen LogP contribution in [-0.4, -0.2) is 38.5 Å². The molecule has 22 heavy (non-hydrogen) atoms. The zero-order chi connectivity index (χ0) is 15.7. The van der Waals surface area contributed by atoms with Crippen molar-refractivity contribution >= 4 is 30.1 Å². The van der Waals surface area contributed by atoms with Crippen molar-refractivity contribution in [2.45, 2.75) is 30.7 Å². The number of nitrogens with two attached hydrogens (primary N) is 1. The van der Waals surface area contributed by atoms with Crippen LogP contribution >= 0.6 is 24.2 Å². The highest BCUT2D eigenvalue weighted by Crippen LogP contribution is 2.31. The van der Waals surface area contributed by atoms with Crippen LogP contribution in [0.25, 0.3) is 0 Å². The molecule has 0 radical (unpaired) electrons. The maximum absolute atomic E-state index is 11.6. The van der Waals surface area contributed by atoms with Crippen molar-refractivity contribution in [3.05, 3.63) is 18.2 Å². The Bertz CT molecular complexity index is 458. The number of halogens is 1. The van der Waals surface area contributed by atoms with Gasteiger partial charge in [0, 0.05) is 29.7 Å². The number of nitrogens with one attached hydrogen (secondary N) is 1. The summed E-state index contributed by atoms with van der Waals surface area (Å²) in [6, 6.07) is 5.85. The SMILES string of the molecule is COc1ccc(SCCC(=O)NCCC(C)N)cc1OC.Cl. The number of methoxy groups -OCH3 is 2. The second kappa shape index (κ2) is 11.5. The van der Waals surface area contributed by atoms with Gasteiger partial charge in [0.15, 0.2) is 11.5 Å². The van der Waals surface area contributed by atoms with Gasteiger partial charge < -0.3 is 20.5 Å². The summed E-state index contributed by atoms with van der Waals surface area (Å²) in [5, 5.41) is 2.86. The van der Waals surface area contributed by atoms with E-state index in [1.54, 1.807) is 26.0 Å². The van der Waals surface area contributed by atoms with Crippen LogP contribution in [0.4, 0.5) is 0 Å². The fourth-order valence-corrected chi connectivity index (χ4v) is 2.57. The molecule has 0 fully saturated rings. The van der Waals surface area contributed by atoms with Crippen LogP contribution in [0.2, 0.25) is 0 Å². The van der Waals surface area contributed by atoms with Crippen molar-refractivity contribution in [3.63, 3.8) is 0 Å². The number of carbonyl (C=O) groups excluding carboxylic acids is 1. The molecule has 1 atom stereocenters. The number of thioether (sulfide) groups is 1. The number of amides is 1. The summed E-state index contributed by atoms with van der Waals surface area (Å²) < 4.78 is 10.4. The van der Waals surface area contributed by atoms with Gasteiger partial charge in [-0.1, -0.05) is 0 Å². The fourth-order valence-electron chi connectivity index (χ4n) is 1.70. The van der Waals surface area contributed by atoms with E-state index < -0.39 is 0 Å². The Morgan fingerprint density at radius 1 is 1.32 bits per heavy atom. The number of carbonyl (C=O) groups is 1. The van der Waals surface area contributed by atoms with Crippen LogP contribution < -0.4 is 20.5 Å². The summed E-state index contributed by atoms with van der Waals surface area (Å²) in [6.45, 7) is 2.57. The molecule has 3 N–H and O–H groups in total. The Morgan fingerprint density at radius 3 is 2.59 bits per heavy atom. The highest BCUT2D eigenvalue weighted by Gasteiger charge is 2.06. The summed E-state index contributed by atoms with van der Waals surface area (Å²) in [7, 11) is 3.22. The minimum Gasteiger partial charge on any atom is -0.493 e. The van der Waals surface area contributed by atoms with Gasteiger partial charge in [-0.15, -0.1) is 24.2 Å². The zero-order valence-corrected chi connectivity index (χ0v) is 14.9. The van der Waals surface area contributed by atoms with E-state index in [2.05, 4.69) is 5.32 Å². The second-order valence-corrected chi connectivity index (χ2v) is 5.90. The fraction of sp³-hybridized carbons (Fsp3) is 0.533. The molecule has 0 spiro atoms. The molecular formula is C15H25ClN2O3S. The van der Waals surface area contributed by atoms with Gasteiger partial charge in [0.2, 0.25) is 5.91 Å². The average Bonchev–Trinajstić information content (AvgIpc) is 2.46. The molecular weight excluding hydrogens is 324 g/mol. The maximum atomic E-state index is 11.6. The first-order valence-electron chi connectivity index (χ1n) is 6.94. The summed E-state index contributed by atoms with van der Waals surface area (Å²) in [6.07, 6.45) is 1.28. The maximum Gasteiger partial charge on any atom is 0.220 e. The van der Waals surface area contributed by atoms with Gasteiger partial charge in [-0.3, -0.25) is 4.79 Å². The standard InChI is InChI=1S/C15H24N2O3S.ClH/c1-11(16)6-8-17-15(18)7-9-21-12-4-5-13(19-2)14(10-12)20-3;/h4-5,10-11H,6-9,16H2,1-3H3,(H,17,18);1H. The lowest BCUT2D eigenvalue weighted by atomic mass is 10.2. The average molecular weight is 349 g/mol. The lowest BCUT2D eigenvalue weighted by Gasteiger charge is -2.09. The molecule has 0 bridgehead atoms. The van der Waals surface area contributed by atoms with E-state index in [9.17, 15) is 4.79 Å². The topological polar surface area (TPSA) is 73.6 Å². The van der Waals surface area contributed by atoms with Crippen molar-refractivity contribution < 1.29 is 14.3 Å². The van der Waals surface area contributed by atoms with Crippen molar-refractivity contribution in [2.24, 2.45) is 5.73 Å². The quantitative estimate of drug-likeness (QED) is 0.671. The molecule has 0 saturated heterocycles. The van der Waals surface area contributed by atoms with Crippen LogP contribution in [0, 0.1) is 0 Å². The Labute approximate surface area is 142 Å². The highest BCUT2D eigenvalue weighted by atomic mass is 35.5. The molecule has 1 unspecified atom stereocenters. The van der Waals surface area contributed by atoms with E-state index >= 15 is 0 Å². The number of hydrogen-bond donors (Lipinski definition) is 2. The molecule has 0 aliphatic carbocycles. The monoisotopic (exact) mass is 348 g/mol. The van der Waals surface area contributed by atoms with E-state index in [-0.39, 0.29) is 24.4 Å². The molecule has 0 saturated carbocycles. The van der Waals surface area contributed by atoms with Gasteiger partial charge in [-0.2, -0.15) is 0 Å². The van der Waals surface area contributed by atoms with Crippen molar-refractivity contribution in [1.82, 2.24) is 5.32 Å². The van der Waals surface area contributed by atoms with E-state index in [1.807, 2.05) is 25.1 Å². The van der Waals surface area contributed by atoms with Gasteiger partial charge >= 0.3 is 0 Å². The molecule has 126 valence electrons. The largest absolute Gasteiger partial charge is 0.493 e. The van der Waals surface area contributed by atoms with Crippen LogP contribution in [0.3, 0.4) is 0 Å². The molecule has 1 rings (SSSR count). The first-order chi connectivity index (χ1) is 10.1. The van der Waals surface area contributed by atoms with Gasteiger partial charge in [0.1, 0.15) is 0 Å². The Hall–Kier alpha value is -1.11. The zero-order valence-electron chi connectivity index (χ0n) is 13.3. The summed E-state index contributed by atoms with van der Waals surface area (Å²) in [4.78, 5) is 12.7. The third-order valence-corrected chi connectivity index (χ3v) is 3.87. The summed E-state index contributed by atoms with van der Waals surface area (Å²) in [5.41, 5.74) is 5.63. The van der Waals surface area contributed by atoms with E-state index in [1.165, 1.54) is 0 Å². The smallest absolute Gasteiger partial charge is 0.220 e. The normalized spacial score (nSPS) is 11.3. The van der Waals surface area contributed by atoms with Crippen molar-refractivity contribution in [2.75, 3.05) is 26.5 Å². The molecule has 0 aliphatic heterocycles. The predicted molar refractivity (Wildman–Crippen MR) is 93.4 cm³/mol. The molecule has 5 nitrogen and oxygen atoms in total. The van der Waals surface area contributed by atoms with Gasteiger partial charge in [0.25, 0.3) is 0 Å². The molecule has 0 aliphatic rings. The second-order valence-electron chi connectivity index (χ2n) is 4.73. The Kier molecular flexibility index (Phi) is 10.9. The number of rotatable bonds is 9. The summed E-state index contributed by atoms with van der Waals surface area (Å²) in [5.74, 6) is 2.18. The first-order valence-corrected chi connectivity index (χ1v) is 7.92. The van der Waals surface area contributed by atoms with E-state index in [0.717, 1.165) is 17.1 Å². The Morgan fingerprint density at radius 2 is 2.00 bits per heavy atom.